The summed E-state index contributed by atoms with van der Waals surface area (Å²) < 4.78 is 37.9. The Hall–Kier alpha value is -2.41. The zero-order valence-electron chi connectivity index (χ0n) is 14.2. The summed E-state index contributed by atoms with van der Waals surface area (Å²) >= 11 is 0. The molecule has 1 fully saturated rings. The highest BCUT2D eigenvalue weighted by atomic mass is 19.4. The molecule has 2 aromatic rings. The highest BCUT2D eigenvalue weighted by Gasteiger charge is 2.30. The van der Waals surface area contributed by atoms with Crippen LogP contribution in [0, 0.1) is 0 Å². The largest absolute Gasteiger partial charge is 0.416 e. The molecular weight excluding hydrogens is 343 g/mol. The van der Waals surface area contributed by atoms with Crippen molar-refractivity contribution in [3.63, 3.8) is 0 Å². The predicted molar refractivity (Wildman–Crippen MR) is 91.5 cm³/mol. The zero-order chi connectivity index (χ0) is 18.6. The summed E-state index contributed by atoms with van der Waals surface area (Å²) in [6, 6.07) is 8.68. The molecule has 0 atom stereocenters. The molecule has 0 saturated carbocycles. The number of carbonyl (C=O) groups is 1. The Morgan fingerprint density at radius 3 is 2.31 bits per heavy atom. The van der Waals surface area contributed by atoms with Crippen LogP contribution in [-0.2, 0) is 12.7 Å². The number of carbonyl (C=O) groups excluding carboxylic acids is 1. The first-order chi connectivity index (χ1) is 12.4. The van der Waals surface area contributed by atoms with E-state index >= 15 is 0 Å². The molecule has 1 saturated heterocycles. The maximum absolute atomic E-state index is 12.6. The van der Waals surface area contributed by atoms with Gasteiger partial charge in [0, 0.05) is 50.7 Å². The van der Waals surface area contributed by atoms with Gasteiger partial charge in [0.15, 0.2) is 0 Å². The summed E-state index contributed by atoms with van der Waals surface area (Å²) in [5.41, 5.74) is 0.828. The van der Waals surface area contributed by atoms with Gasteiger partial charge in [0.25, 0.3) is 5.91 Å². The summed E-state index contributed by atoms with van der Waals surface area (Å²) in [4.78, 5) is 20.4. The minimum Gasteiger partial charge on any atom is -0.337 e. The second-order valence-electron chi connectivity index (χ2n) is 6.35. The Bertz CT molecular complexity index is 732. The van der Waals surface area contributed by atoms with E-state index in [-0.39, 0.29) is 5.91 Å². The number of pyridine rings is 1. The van der Waals surface area contributed by atoms with Gasteiger partial charge in [0.05, 0.1) is 5.56 Å². The Kier molecular flexibility index (Phi) is 5.56. The van der Waals surface area contributed by atoms with Crippen LogP contribution in [0.3, 0.4) is 0 Å². The standard InChI is InChI=1S/C19H20F3N3O/c20-19(21,22)17-4-2-15(3-5-17)14-24-10-1-11-25(13-12-24)18(26)16-6-8-23-9-7-16/h2-9H,1,10-14H2. The first-order valence-corrected chi connectivity index (χ1v) is 8.51. The van der Waals surface area contributed by atoms with Gasteiger partial charge < -0.3 is 4.90 Å². The molecule has 2 heterocycles. The van der Waals surface area contributed by atoms with E-state index in [0.717, 1.165) is 30.7 Å². The molecule has 0 aliphatic carbocycles. The molecule has 3 rings (SSSR count). The predicted octanol–water partition coefficient (Wildman–Crippen LogP) is 3.45. The Morgan fingerprint density at radius 1 is 0.962 bits per heavy atom. The lowest BCUT2D eigenvalue weighted by molar-refractivity contribution is -0.137. The van der Waals surface area contributed by atoms with Gasteiger partial charge in [-0.05, 0) is 36.2 Å². The SMILES string of the molecule is O=C(c1ccncc1)N1CCCN(Cc2ccc(C(F)(F)F)cc2)CC1. The first kappa shape index (κ1) is 18.4. The van der Waals surface area contributed by atoms with Crippen LogP contribution in [0.2, 0.25) is 0 Å². The van der Waals surface area contributed by atoms with E-state index in [1.807, 2.05) is 4.90 Å². The summed E-state index contributed by atoms with van der Waals surface area (Å²) in [5.74, 6) is -0.0104. The highest BCUT2D eigenvalue weighted by molar-refractivity contribution is 5.94. The average molecular weight is 363 g/mol. The molecule has 1 amide bonds. The Morgan fingerprint density at radius 2 is 1.65 bits per heavy atom. The number of hydrogen-bond acceptors (Lipinski definition) is 3. The molecule has 1 aromatic carbocycles. The van der Waals surface area contributed by atoms with Crippen LogP contribution in [0.25, 0.3) is 0 Å². The number of benzene rings is 1. The van der Waals surface area contributed by atoms with Crippen molar-refractivity contribution in [3.05, 3.63) is 65.5 Å². The summed E-state index contributed by atoms with van der Waals surface area (Å²) in [6.45, 7) is 3.35. The molecule has 0 radical (unpaired) electrons. The van der Waals surface area contributed by atoms with Crippen molar-refractivity contribution in [2.75, 3.05) is 26.2 Å². The topological polar surface area (TPSA) is 36.4 Å². The monoisotopic (exact) mass is 363 g/mol. The normalized spacial score (nSPS) is 16.3. The van der Waals surface area contributed by atoms with E-state index in [2.05, 4.69) is 9.88 Å². The number of aromatic nitrogens is 1. The van der Waals surface area contributed by atoms with E-state index in [9.17, 15) is 18.0 Å². The van der Waals surface area contributed by atoms with E-state index in [1.54, 1.807) is 24.5 Å². The first-order valence-electron chi connectivity index (χ1n) is 8.51. The number of amides is 1. The maximum atomic E-state index is 12.6. The lowest BCUT2D eigenvalue weighted by Crippen LogP contribution is -2.35. The molecule has 0 unspecified atom stereocenters. The second-order valence-corrected chi connectivity index (χ2v) is 6.35. The molecule has 1 aliphatic rings. The van der Waals surface area contributed by atoms with Crippen LogP contribution in [0.5, 0.6) is 0 Å². The maximum Gasteiger partial charge on any atom is 0.416 e. The Balaban J connectivity index is 1.58. The van der Waals surface area contributed by atoms with E-state index in [0.29, 0.717) is 31.7 Å². The van der Waals surface area contributed by atoms with Crippen LogP contribution >= 0.6 is 0 Å². The summed E-state index contributed by atoms with van der Waals surface area (Å²) in [5, 5.41) is 0. The van der Waals surface area contributed by atoms with Crippen molar-refractivity contribution in [3.8, 4) is 0 Å². The third kappa shape index (κ3) is 4.60. The molecule has 138 valence electrons. The third-order valence-electron chi connectivity index (χ3n) is 4.49. The molecule has 4 nitrogen and oxygen atoms in total. The average Bonchev–Trinajstić information content (AvgIpc) is 2.87. The fourth-order valence-corrected chi connectivity index (χ4v) is 3.07. The lowest BCUT2D eigenvalue weighted by Gasteiger charge is -2.22. The van der Waals surface area contributed by atoms with Crippen LogP contribution < -0.4 is 0 Å². The molecular formula is C19H20F3N3O. The Labute approximate surface area is 150 Å². The molecule has 1 aliphatic heterocycles. The van der Waals surface area contributed by atoms with Crippen LogP contribution in [0.4, 0.5) is 13.2 Å². The van der Waals surface area contributed by atoms with Crippen molar-refractivity contribution < 1.29 is 18.0 Å². The van der Waals surface area contributed by atoms with Crippen molar-refractivity contribution >= 4 is 5.91 Å². The highest BCUT2D eigenvalue weighted by Crippen LogP contribution is 2.29. The zero-order valence-corrected chi connectivity index (χ0v) is 14.2. The summed E-state index contributed by atoms with van der Waals surface area (Å²) in [7, 11) is 0. The molecule has 26 heavy (non-hydrogen) atoms. The van der Waals surface area contributed by atoms with Gasteiger partial charge in [-0.2, -0.15) is 13.2 Å². The molecule has 1 aromatic heterocycles. The smallest absolute Gasteiger partial charge is 0.337 e. The number of nitrogens with zero attached hydrogens (tertiary/aromatic N) is 3. The number of hydrogen-bond donors (Lipinski definition) is 0. The fraction of sp³-hybridized carbons (Fsp3) is 0.368. The van der Waals surface area contributed by atoms with Gasteiger partial charge in [0.2, 0.25) is 0 Å². The van der Waals surface area contributed by atoms with Crippen LogP contribution in [-0.4, -0.2) is 46.9 Å². The van der Waals surface area contributed by atoms with E-state index < -0.39 is 11.7 Å². The van der Waals surface area contributed by atoms with Crippen molar-refractivity contribution in [2.45, 2.75) is 19.1 Å². The van der Waals surface area contributed by atoms with Gasteiger partial charge in [-0.1, -0.05) is 12.1 Å². The number of alkyl halides is 3. The minimum atomic E-state index is -4.31. The molecule has 0 spiro atoms. The third-order valence-corrected chi connectivity index (χ3v) is 4.49. The second kappa shape index (κ2) is 7.86. The quantitative estimate of drug-likeness (QED) is 0.838. The van der Waals surface area contributed by atoms with Gasteiger partial charge in [-0.15, -0.1) is 0 Å². The van der Waals surface area contributed by atoms with Gasteiger partial charge >= 0.3 is 6.18 Å². The lowest BCUT2D eigenvalue weighted by atomic mass is 10.1. The number of rotatable bonds is 3. The van der Waals surface area contributed by atoms with Gasteiger partial charge in [-0.3, -0.25) is 14.7 Å². The van der Waals surface area contributed by atoms with Crippen molar-refractivity contribution in [1.82, 2.24) is 14.8 Å². The van der Waals surface area contributed by atoms with Crippen LogP contribution in [0.15, 0.2) is 48.8 Å². The molecule has 0 N–H and O–H groups in total. The van der Waals surface area contributed by atoms with Crippen LogP contribution in [0.1, 0.15) is 27.9 Å². The van der Waals surface area contributed by atoms with Gasteiger partial charge in [0.1, 0.15) is 0 Å². The number of halogens is 3. The minimum absolute atomic E-state index is 0.0104. The van der Waals surface area contributed by atoms with E-state index in [1.165, 1.54) is 12.1 Å². The molecule has 0 bridgehead atoms. The van der Waals surface area contributed by atoms with E-state index in [4.69, 9.17) is 0 Å². The molecule has 7 heteroatoms. The summed E-state index contributed by atoms with van der Waals surface area (Å²) in [6.07, 6.45) is -0.281. The fourth-order valence-electron chi connectivity index (χ4n) is 3.07. The van der Waals surface area contributed by atoms with Crippen molar-refractivity contribution in [2.24, 2.45) is 0 Å². The van der Waals surface area contributed by atoms with Gasteiger partial charge in [-0.25, -0.2) is 0 Å². The van der Waals surface area contributed by atoms with Crippen molar-refractivity contribution in [1.29, 1.82) is 0 Å².